The zero-order chi connectivity index (χ0) is 19.4. The van der Waals surface area contributed by atoms with Crippen LogP contribution in [0.3, 0.4) is 0 Å². The van der Waals surface area contributed by atoms with E-state index in [0.29, 0.717) is 10.8 Å². The van der Waals surface area contributed by atoms with E-state index in [1.54, 1.807) is 19.3 Å². The first-order valence-corrected chi connectivity index (χ1v) is 12.4. The highest BCUT2D eigenvalue weighted by atomic mass is 14.6. The second-order valence-corrected chi connectivity index (χ2v) is 12.2. The van der Waals surface area contributed by atoms with E-state index in [-0.39, 0.29) is 0 Å². The van der Waals surface area contributed by atoms with Crippen LogP contribution in [-0.4, -0.2) is 0 Å². The molecule has 154 valence electrons. The third-order valence-corrected chi connectivity index (χ3v) is 10.7. The summed E-state index contributed by atoms with van der Waals surface area (Å²) in [5.74, 6) is 7.01. The molecule has 0 saturated heterocycles. The van der Waals surface area contributed by atoms with Crippen molar-refractivity contribution >= 4 is 0 Å². The van der Waals surface area contributed by atoms with Crippen molar-refractivity contribution in [2.24, 2.45) is 52.3 Å². The fraction of sp³-hybridized carbons (Fsp3) is 0.926. The summed E-state index contributed by atoms with van der Waals surface area (Å²) in [6, 6.07) is 0. The van der Waals surface area contributed by atoms with Gasteiger partial charge in [-0.1, -0.05) is 39.7 Å². The molecule has 0 amide bonds. The molecule has 27 heavy (non-hydrogen) atoms. The van der Waals surface area contributed by atoms with E-state index >= 15 is 0 Å². The standard InChI is InChI=1S/C27H46/c1-18(2)7-8-20(4)23-11-12-24-22-10-9-21-17-19(3)13-15-26(21,5)25(22)14-16-27(23,24)6/h19-25H,1,7-17H2,2-6H3. The Morgan fingerprint density at radius 1 is 0.963 bits per heavy atom. The van der Waals surface area contributed by atoms with Crippen molar-refractivity contribution in [2.45, 2.75) is 105 Å². The SMILES string of the molecule is C=C(C)CCC(C)C1CCC2C3CCC4CC(C)CCC4(C)C3CCC12C. The van der Waals surface area contributed by atoms with E-state index in [9.17, 15) is 0 Å². The maximum absolute atomic E-state index is 4.16. The van der Waals surface area contributed by atoms with Crippen molar-refractivity contribution in [2.75, 3.05) is 0 Å². The summed E-state index contributed by atoms with van der Waals surface area (Å²) in [4.78, 5) is 0. The lowest BCUT2D eigenvalue weighted by Gasteiger charge is -2.61. The van der Waals surface area contributed by atoms with Gasteiger partial charge in [0.2, 0.25) is 0 Å². The first-order chi connectivity index (χ1) is 12.8. The van der Waals surface area contributed by atoms with E-state index in [2.05, 4.69) is 41.2 Å². The van der Waals surface area contributed by atoms with Gasteiger partial charge >= 0.3 is 0 Å². The molecule has 0 radical (unpaired) electrons. The third kappa shape index (κ3) is 3.26. The Kier molecular flexibility index (Phi) is 5.35. The van der Waals surface area contributed by atoms with Gasteiger partial charge in [-0.3, -0.25) is 0 Å². The molecule has 0 heterocycles. The van der Waals surface area contributed by atoms with Gasteiger partial charge in [0.15, 0.2) is 0 Å². The molecule has 0 N–H and O–H groups in total. The van der Waals surface area contributed by atoms with Crippen LogP contribution in [0, 0.1) is 52.3 Å². The molecule has 4 aliphatic rings. The van der Waals surface area contributed by atoms with Crippen molar-refractivity contribution in [3.63, 3.8) is 0 Å². The van der Waals surface area contributed by atoms with Gasteiger partial charge in [-0.05, 0) is 123 Å². The predicted octanol–water partition coefficient (Wildman–Crippen LogP) is 8.27. The number of fused-ring (bicyclic) bond motifs is 5. The smallest absolute Gasteiger partial charge is 0.0264 e. The Balaban J connectivity index is 1.51. The minimum absolute atomic E-state index is 0.640. The molecule has 0 aromatic rings. The second-order valence-electron chi connectivity index (χ2n) is 12.2. The number of rotatable bonds is 4. The van der Waals surface area contributed by atoms with Crippen molar-refractivity contribution in [3.05, 3.63) is 12.2 Å². The van der Waals surface area contributed by atoms with Crippen molar-refractivity contribution in [1.82, 2.24) is 0 Å². The fourth-order valence-electron chi connectivity index (χ4n) is 9.12. The van der Waals surface area contributed by atoms with Gasteiger partial charge < -0.3 is 0 Å². The minimum Gasteiger partial charge on any atom is -0.100 e. The average Bonchev–Trinajstić information content (AvgIpc) is 2.97. The Labute approximate surface area is 170 Å². The van der Waals surface area contributed by atoms with E-state index in [4.69, 9.17) is 0 Å². The normalized spacial score (nSPS) is 50.4. The summed E-state index contributed by atoms with van der Waals surface area (Å²) in [6.07, 6.45) is 16.4. The molecule has 9 atom stereocenters. The van der Waals surface area contributed by atoms with E-state index in [1.807, 2.05) is 0 Å². The molecule has 0 nitrogen and oxygen atoms in total. The summed E-state index contributed by atoms with van der Waals surface area (Å²) >= 11 is 0. The van der Waals surface area contributed by atoms with Crippen LogP contribution in [0.5, 0.6) is 0 Å². The molecule has 4 aliphatic carbocycles. The monoisotopic (exact) mass is 370 g/mol. The van der Waals surface area contributed by atoms with Crippen LogP contribution in [0.25, 0.3) is 0 Å². The molecule has 0 aromatic heterocycles. The maximum Gasteiger partial charge on any atom is -0.0264 e. The third-order valence-electron chi connectivity index (χ3n) is 10.7. The zero-order valence-electron chi connectivity index (χ0n) is 19.0. The number of hydrogen-bond acceptors (Lipinski definition) is 0. The van der Waals surface area contributed by atoms with Gasteiger partial charge in [-0.25, -0.2) is 0 Å². The summed E-state index contributed by atoms with van der Waals surface area (Å²) in [5.41, 5.74) is 2.70. The van der Waals surface area contributed by atoms with Crippen LogP contribution >= 0.6 is 0 Å². The lowest BCUT2D eigenvalue weighted by atomic mass is 9.44. The Hall–Kier alpha value is -0.260. The number of allylic oxidation sites excluding steroid dienone is 1. The molecule has 0 spiro atoms. The molecular formula is C27H46. The molecular weight excluding hydrogens is 324 g/mol. The Morgan fingerprint density at radius 2 is 1.67 bits per heavy atom. The first-order valence-electron chi connectivity index (χ1n) is 12.4. The zero-order valence-corrected chi connectivity index (χ0v) is 19.0. The molecule has 0 aromatic carbocycles. The van der Waals surface area contributed by atoms with Crippen molar-refractivity contribution < 1.29 is 0 Å². The van der Waals surface area contributed by atoms with Crippen molar-refractivity contribution in [3.8, 4) is 0 Å². The van der Waals surface area contributed by atoms with Gasteiger partial charge in [-0.15, -0.1) is 6.58 Å². The highest BCUT2D eigenvalue weighted by Crippen LogP contribution is 2.68. The topological polar surface area (TPSA) is 0 Å². The first kappa shape index (κ1) is 20.0. The minimum atomic E-state index is 0.640. The summed E-state index contributed by atoms with van der Waals surface area (Å²) in [5, 5.41) is 0. The van der Waals surface area contributed by atoms with Crippen LogP contribution in [0.4, 0.5) is 0 Å². The van der Waals surface area contributed by atoms with E-state index < -0.39 is 0 Å². The van der Waals surface area contributed by atoms with Crippen LogP contribution < -0.4 is 0 Å². The van der Waals surface area contributed by atoms with Crippen LogP contribution in [-0.2, 0) is 0 Å². The van der Waals surface area contributed by atoms with Gasteiger partial charge in [0.25, 0.3) is 0 Å². The van der Waals surface area contributed by atoms with E-state index in [1.165, 1.54) is 56.9 Å². The van der Waals surface area contributed by atoms with E-state index in [0.717, 1.165) is 41.4 Å². The lowest BCUT2D eigenvalue weighted by molar-refractivity contribution is -0.120. The molecule has 9 unspecified atom stereocenters. The fourth-order valence-corrected chi connectivity index (χ4v) is 9.12. The quantitative estimate of drug-likeness (QED) is 0.437. The lowest BCUT2D eigenvalue weighted by Crippen LogP contribution is -2.53. The second kappa shape index (κ2) is 7.21. The van der Waals surface area contributed by atoms with Gasteiger partial charge in [0, 0.05) is 0 Å². The van der Waals surface area contributed by atoms with Crippen LogP contribution in [0.2, 0.25) is 0 Å². The predicted molar refractivity (Wildman–Crippen MR) is 118 cm³/mol. The summed E-state index contributed by atoms with van der Waals surface area (Å²) in [7, 11) is 0. The maximum atomic E-state index is 4.16. The Bertz CT molecular complexity index is 560. The summed E-state index contributed by atoms with van der Waals surface area (Å²) in [6.45, 7) is 16.9. The molecule has 4 rings (SSSR count). The van der Waals surface area contributed by atoms with Gasteiger partial charge in [-0.2, -0.15) is 0 Å². The van der Waals surface area contributed by atoms with Gasteiger partial charge in [0.1, 0.15) is 0 Å². The van der Waals surface area contributed by atoms with Crippen LogP contribution in [0.1, 0.15) is 105 Å². The largest absolute Gasteiger partial charge is 0.100 e. The highest BCUT2D eigenvalue weighted by Gasteiger charge is 2.60. The molecule has 4 saturated carbocycles. The molecule has 0 heteroatoms. The van der Waals surface area contributed by atoms with Crippen molar-refractivity contribution in [1.29, 1.82) is 0 Å². The number of hydrogen-bond donors (Lipinski definition) is 0. The molecule has 0 aliphatic heterocycles. The highest BCUT2D eigenvalue weighted by molar-refractivity contribution is 5.09. The molecule has 4 fully saturated rings. The van der Waals surface area contributed by atoms with Crippen LogP contribution in [0.15, 0.2) is 12.2 Å². The van der Waals surface area contributed by atoms with Gasteiger partial charge in [0.05, 0.1) is 0 Å². The Morgan fingerprint density at radius 3 is 2.41 bits per heavy atom. The average molecular weight is 371 g/mol. The molecule has 0 bridgehead atoms. The summed E-state index contributed by atoms with van der Waals surface area (Å²) < 4.78 is 0.